The van der Waals surface area contributed by atoms with Gasteiger partial charge in [0.15, 0.2) is 0 Å². The Hall–Kier alpha value is -0.610. The summed E-state index contributed by atoms with van der Waals surface area (Å²) in [6.07, 6.45) is 2.53. The predicted molar refractivity (Wildman–Crippen MR) is 52.6 cm³/mol. The van der Waals surface area contributed by atoms with Crippen LogP contribution in [0.3, 0.4) is 0 Å². The van der Waals surface area contributed by atoms with Crippen molar-refractivity contribution in [2.45, 2.75) is 31.8 Å². The smallest absolute Gasteiger partial charge is 0.249 e. The van der Waals surface area contributed by atoms with Crippen LogP contribution in [0.15, 0.2) is 0 Å². The predicted octanol–water partition coefficient (Wildman–Crippen LogP) is 0.635. The summed E-state index contributed by atoms with van der Waals surface area (Å²) in [6, 6.07) is 0. The molecule has 0 saturated carbocycles. The summed E-state index contributed by atoms with van der Waals surface area (Å²) in [5.41, 5.74) is -0.167. The first kappa shape index (κ1) is 9.93. The normalized spacial score (nSPS) is 27.6. The van der Waals surface area contributed by atoms with Gasteiger partial charge in [-0.15, -0.1) is 0 Å². The van der Waals surface area contributed by atoms with Gasteiger partial charge in [0.1, 0.15) is 5.60 Å². The van der Waals surface area contributed by atoms with Crippen molar-refractivity contribution in [2.75, 3.05) is 26.7 Å². The van der Waals surface area contributed by atoms with E-state index in [-0.39, 0.29) is 11.5 Å². The molecule has 1 spiro atoms. The Morgan fingerprint density at radius 3 is 2.57 bits per heavy atom. The molecule has 2 rings (SSSR count). The lowest BCUT2D eigenvalue weighted by atomic mass is 9.89. The van der Waals surface area contributed by atoms with E-state index in [1.165, 1.54) is 5.06 Å². The van der Waals surface area contributed by atoms with Gasteiger partial charge in [-0.1, -0.05) is 0 Å². The molecule has 14 heavy (non-hydrogen) atoms. The Balaban J connectivity index is 2.02. The lowest BCUT2D eigenvalue weighted by Gasteiger charge is -2.35. The van der Waals surface area contributed by atoms with Crippen LogP contribution >= 0.6 is 0 Å². The summed E-state index contributed by atoms with van der Waals surface area (Å²) < 4.78 is 0. The minimum Gasteiger partial charge on any atom is -0.306 e. The third kappa shape index (κ3) is 1.64. The third-order valence-electron chi connectivity index (χ3n) is 3.24. The van der Waals surface area contributed by atoms with Crippen LogP contribution in [0.4, 0.5) is 0 Å². The SMILES string of the molecule is CCN1OC2(CCN(C)CC2)CC1=O. The highest BCUT2D eigenvalue weighted by Gasteiger charge is 2.45. The van der Waals surface area contributed by atoms with Gasteiger partial charge in [0, 0.05) is 19.6 Å². The topological polar surface area (TPSA) is 32.8 Å². The molecule has 0 aliphatic carbocycles. The first-order valence-corrected chi connectivity index (χ1v) is 5.33. The number of amides is 1. The monoisotopic (exact) mass is 198 g/mol. The Bertz CT molecular complexity index is 234. The van der Waals surface area contributed by atoms with Gasteiger partial charge < -0.3 is 4.90 Å². The fourth-order valence-electron chi connectivity index (χ4n) is 2.22. The Morgan fingerprint density at radius 1 is 1.43 bits per heavy atom. The molecular formula is C10H18N2O2. The molecule has 0 N–H and O–H groups in total. The Kier molecular flexibility index (Phi) is 2.49. The number of hydroxylamine groups is 2. The van der Waals surface area contributed by atoms with E-state index in [9.17, 15) is 4.79 Å². The lowest BCUT2D eigenvalue weighted by molar-refractivity contribution is -0.207. The molecule has 0 atom stereocenters. The van der Waals surface area contributed by atoms with Crippen LogP contribution in [0.5, 0.6) is 0 Å². The van der Waals surface area contributed by atoms with Crippen molar-refractivity contribution < 1.29 is 9.63 Å². The van der Waals surface area contributed by atoms with Crippen molar-refractivity contribution >= 4 is 5.91 Å². The number of hydrogen-bond donors (Lipinski definition) is 0. The molecule has 0 bridgehead atoms. The zero-order chi connectivity index (χ0) is 10.2. The standard InChI is InChI=1S/C10H18N2O2/c1-3-12-9(13)8-10(14-12)4-6-11(2)7-5-10/h3-8H2,1-2H3. The molecule has 2 aliphatic heterocycles. The largest absolute Gasteiger partial charge is 0.306 e. The molecule has 1 amide bonds. The number of rotatable bonds is 1. The summed E-state index contributed by atoms with van der Waals surface area (Å²) in [7, 11) is 2.11. The van der Waals surface area contributed by atoms with Crippen molar-refractivity contribution in [3.8, 4) is 0 Å². The number of carbonyl (C=O) groups excluding carboxylic acids is 1. The fourth-order valence-corrected chi connectivity index (χ4v) is 2.22. The van der Waals surface area contributed by atoms with Gasteiger partial charge >= 0.3 is 0 Å². The minimum absolute atomic E-state index is 0.150. The van der Waals surface area contributed by atoms with Crippen LogP contribution in [0.2, 0.25) is 0 Å². The van der Waals surface area contributed by atoms with Gasteiger partial charge in [-0.25, -0.2) is 5.06 Å². The molecule has 0 unspecified atom stereocenters. The maximum atomic E-state index is 11.5. The van der Waals surface area contributed by atoms with Crippen LogP contribution < -0.4 is 0 Å². The summed E-state index contributed by atoms with van der Waals surface area (Å²) in [5.74, 6) is 0.150. The second-order valence-corrected chi connectivity index (χ2v) is 4.34. The number of likely N-dealkylation sites (tertiary alicyclic amines) is 1. The van der Waals surface area contributed by atoms with Crippen LogP contribution in [0.1, 0.15) is 26.2 Å². The average Bonchev–Trinajstić information content (AvgIpc) is 2.49. The molecule has 2 saturated heterocycles. The van der Waals surface area contributed by atoms with Crippen LogP contribution in [-0.2, 0) is 9.63 Å². The molecule has 2 aliphatic rings. The van der Waals surface area contributed by atoms with Gasteiger partial charge in [0.05, 0.1) is 6.42 Å². The molecule has 0 aromatic rings. The van der Waals surface area contributed by atoms with E-state index < -0.39 is 0 Å². The van der Waals surface area contributed by atoms with Gasteiger partial charge in [0.25, 0.3) is 0 Å². The lowest BCUT2D eigenvalue weighted by Crippen LogP contribution is -2.43. The maximum Gasteiger partial charge on any atom is 0.249 e. The van der Waals surface area contributed by atoms with Crippen molar-refractivity contribution in [1.29, 1.82) is 0 Å². The van der Waals surface area contributed by atoms with E-state index in [1.54, 1.807) is 0 Å². The first-order valence-electron chi connectivity index (χ1n) is 5.33. The van der Waals surface area contributed by atoms with Crippen molar-refractivity contribution in [1.82, 2.24) is 9.96 Å². The van der Waals surface area contributed by atoms with Crippen molar-refractivity contribution in [2.24, 2.45) is 0 Å². The van der Waals surface area contributed by atoms with E-state index >= 15 is 0 Å². The Labute approximate surface area is 84.8 Å². The summed E-state index contributed by atoms with van der Waals surface area (Å²) in [5, 5.41) is 1.52. The van der Waals surface area contributed by atoms with E-state index in [0.29, 0.717) is 13.0 Å². The van der Waals surface area contributed by atoms with Gasteiger partial charge in [0.2, 0.25) is 5.91 Å². The number of nitrogens with zero attached hydrogens (tertiary/aromatic N) is 2. The van der Waals surface area contributed by atoms with Crippen molar-refractivity contribution in [3.05, 3.63) is 0 Å². The van der Waals surface area contributed by atoms with Gasteiger partial charge in [-0.2, -0.15) is 0 Å². The van der Waals surface area contributed by atoms with E-state index in [4.69, 9.17) is 4.84 Å². The highest BCUT2D eigenvalue weighted by molar-refractivity contribution is 5.78. The summed E-state index contributed by atoms with van der Waals surface area (Å²) in [4.78, 5) is 19.6. The molecule has 80 valence electrons. The fraction of sp³-hybridized carbons (Fsp3) is 0.900. The molecular weight excluding hydrogens is 180 g/mol. The highest BCUT2D eigenvalue weighted by atomic mass is 16.7. The van der Waals surface area contributed by atoms with Crippen LogP contribution in [0.25, 0.3) is 0 Å². The zero-order valence-corrected chi connectivity index (χ0v) is 8.95. The number of carbonyl (C=O) groups is 1. The first-order chi connectivity index (χ1) is 6.65. The molecule has 4 nitrogen and oxygen atoms in total. The quantitative estimate of drug-likeness (QED) is 0.619. The molecule has 2 heterocycles. The molecule has 2 fully saturated rings. The summed E-state index contributed by atoms with van der Waals surface area (Å²) >= 11 is 0. The number of hydrogen-bond acceptors (Lipinski definition) is 3. The van der Waals surface area contributed by atoms with E-state index in [2.05, 4.69) is 11.9 Å². The van der Waals surface area contributed by atoms with Crippen LogP contribution in [-0.4, -0.2) is 48.2 Å². The number of piperidine rings is 1. The third-order valence-corrected chi connectivity index (χ3v) is 3.24. The zero-order valence-electron chi connectivity index (χ0n) is 8.95. The van der Waals surface area contributed by atoms with E-state index in [0.717, 1.165) is 25.9 Å². The summed E-state index contributed by atoms with van der Waals surface area (Å²) in [6.45, 7) is 4.68. The average molecular weight is 198 g/mol. The maximum absolute atomic E-state index is 11.5. The van der Waals surface area contributed by atoms with Crippen LogP contribution in [0, 0.1) is 0 Å². The van der Waals surface area contributed by atoms with Gasteiger partial charge in [-0.05, 0) is 26.8 Å². The van der Waals surface area contributed by atoms with Gasteiger partial charge in [-0.3, -0.25) is 9.63 Å². The highest BCUT2D eigenvalue weighted by Crippen LogP contribution is 2.35. The molecule has 0 aromatic heterocycles. The molecule has 0 radical (unpaired) electrons. The molecule has 4 heteroatoms. The second kappa shape index (κ2) is 3.51. The van der Waals surface area contributed by atoms with E-state index in [1.807, 2.05) is 6.92 Å². The molecule has 0 aromatic carbocycles. The minimum atomic E-state index is -0.167. The van der Waals surface area contributed by atoms with Crippen molar-refractivity contribution in [3.63, 3.8) is 0 Å². The Morgan fingerprint density at radius 2 is 2.07 bits per heavy atom. The second-order valence-electron chi connectivity index (χ2n) is 4.34.